The Balaban J connectivity index is 1.28. The van der Waals surface area contributed by atoms with Gasteiger partial charge in [-0.05, 0) is 25.7 Å². The van der Waals surface area contributed by atoms with Gasteiger partial charge in [-0.25, -0.2) is 4.98 Å². The van der Waals surface area contributed by atoms with Gasteiger partial charge in [0, 0.05) is 63.0 Å². The van der Waals surface area contributed by atoms with Crippen molar-refractivity contribution in [3.05, 3.63) is 28.7 Å². The summed E-state index contributed by atoms with van der Waals surface area (Å²) >= 11 is 1.61. The molecule has 30 heavy (non-hydrogen) atoms. The van der Waals surface area contributed by atoms with Crippen LogP contribution in [0.25, 0.3) is 0 Å². The summed E-state index contributed by atoms with van der Waals surface area (Å²) in [6, 6.07) is 0. The third-order valence-corrected chi connectivity index (χ3v) is 7.91. The number of piperidine rings is 1. The van der Waals surface area contributed by atoms with Crippen LogP contribution >= 0.6 is 11.3 Å². The molecule has 2 aliphatic heterocycles. The van der Waals surface area contributed by atoms with E-state index in [9.17, 15) is 9.59 Å². The van der Waals surface area contributed by atoms with Crippen LogP contribution in [-0.4, -0.2) is 77.3 Å². The summed E-state index contributed by atoms with van der Waals surface area (Å²) in [6.07, 6.45) is 9.65. The summed E-state index contributed by atoms with van der Waals surface area (Å²) in [4.78, 5) is 36.7. The van der Waals surface area contributed by atoms with Gasteiger partial charge in [0.25, 0.3) is 5.91 Å². The first-order chi connectivity index (χ1) is 14.7. The van der Waals surface area contributed by atoms with Gasteiger partial charge in [-0.15, -0.1) is 17.9 Å². The second-order valence-electron chi connectivity index (χ2n) is 8.89. The molecule has 3 fully saturated rings. The number of amides is 2. The first kappa shape index (κ1) is 21.5. The molecular formula is C23H34N4O2S. The molecule has 1 aliphatic carbocycles. The van der Waals surface area contributed by atoms with Crippen LogP contribution in [-0.2, 0) is 4.79 Å². The summed E-state index contributed by atoms with van der Waals surface area (Å²) in [6.45, 7) is 9.61. The number of rotatable bonds is 5. The molecule has 6 nitrogen and oxygen atoms in total. The van der Waals surface area contributed by atoms with E-state index in [1.165, 1.54) is 19.3 Å². The Morgan fingerprint density at radius 2 is 1.70 bits per heavy atom. The van der Waals surface area contributed by atoms with Crippen LogP contribution in [0.3, 0.4) is 0 Å². The quantitative estimate of drug-likeness (QED) is 0.672. The molecular weight excluding hydrogens is 396 g/mol. The van der Waals surface area contributed by atoms with Crippen LogP contribution in [0, 0.1) is 5.92 Å². The monoisotopic (exact) mass is 430 g/mol. The minimum absolute atomic E-state index is 0.0562. The Morgan fingerprint density at radius 3 is 2.37 bits per heavy atom. The first-order valence-corrected chi connectivity index (χ1v) is 12.4. The zero-order chi connectivity index (χ0) is 20.9. The van der Waals surface area contributed by atoms with Gasteiger partial charge in [-0.2, -0.15) is 0 Å². The highest BCUT2D eigenvalue weighted by Crippen LogP contribution is 2.33. The molecule has 0 spiro atoms. The maximum atomic E-state index is 12.9. The fourth-order valence-corrected chi connectivity index (χ4v) is 5.97. The lowest BCUT2D eigenvalue weighted by molar-refractivity contribution is -0.137. The van der Waals surface area contributed by atoms with Crippen molar-refractivity contribution in [2.75, 3.05) is 45.8 Å². The van der Waals surface area contributed by atoms with E-state index < -0.39 is 0 Å². The van der Waals surface area contributed by atoms with E-state index >= 15 is 0 Å². The molecule has 7 heteroatoms. The van der Waals surface area contributed by atoms with Crippen molar-refractivity contribution in [2.24, 2.45) is 5.92 Å². The van der Waals surface area contributed by atoms with Crippen molar-refractivity contribution in [3.63, 3.8) is 0 Å². The molecule has 0 atom stereocenters. The zero-order valence-electron chi connectivity index (χ0n) is 17.9. The summed E-state index contributed by atoms with van der Waals surface area (Å²) < 4.78 is 0. The number of thiazole rings is 1. The van der Waals surface area contributed by atoms with E-state index in [1.54, 1.807) is 11.3 Å². The molecule has 164 valence electrons. The van der Waals surface area contributed by atoms with Crippen molar-refractivity contribution in [2.45, 2.75) is 50.9 Å². The van der Waals surface area contributed by atoms with Gasteiger partial charge in [-0.1, -0.05) is 25.3 Å². The molecule has 0 unspecified atom stereocenters. The normalized spacial score (nSPS) is 22.3. The third kappa shape index (κ3) is 4.94. The van der Waals surface area contributed by atoms with Crippen molar-refractivity contribution >= 4 is 23.2 Å². The van der Waals surface area contributed by atoms with Crippen LogP contribution in [0.4, 0.5) is 0 Å². The fraction of sp³-hybridized carbons (Fsp3) is 0.696. The minimum Gasteiger partial charge on any atom is -0.342 e. The summed E-state index contributed by atoms with van der Waals surface area (Å²) in [5.74, 6) is 1.06. The smallest absolute Gasteiger partial charge is 0.273 e. The molecule has 2 saturated heterocycles. The van der Waals surface area contributed by atoms with E-state index in [1.807, 2.05) is 16.4 Å². The SMILES string of the molecule is C=CCN1CCN(C(=O)c2csc(C3CCN(C(=O)C4CCCCC4)CC3)n2)CC1. The molecule has 1 aromatic rings. The predicted molar refractivity (Wildman–Crippen MR) is 120 cm³/mol. The van der Waals surface area contributed by atoms with E-state index in [0.29, 0.717) is 17.5 Å². The van der Waals surface area contributed by atoms with Gasteiger partial charge in [0.1, 0.15) is 5.69 Å². The van der Waals surface area contributed by atoms with E-state index in [0.717, 1.165) is 76.5 Å². The molecule has 0 N–H and O–H groups in total. The maximum absolute atomic E-state index is 12.9. The van der Waals surface area contributed by atoms with Crippen LogP contribution in [0.5, 0.6) is 0 Å². The van der Waals surface area contributed by atoms with Gasteiger partial charge in [-0.3, -0.25) is 14.5 Å². The van der Waals surface area contributed by atoms with Gasteiger partial charge in [0.2, 0.25) is 5.91 Å². The number of hydrogen-bond donors (Lipinski definition) is 0. The maximum Gasteiger partial charge on any atom is 0.273 e. The summed E-state index contributed by atoms with van der Waals surface area (Å²) in [5.41, 5.74) is 0.591. The minimum atomic E-state index is 0.0562. The molecule has 3 heterocycles. The zero-order valence-corrected chi connectivity index (χ0v) is 18.7. The fourth-order valence-electron chi connectivity index (χ4n) is 5.01. The number of carbonyl (C=O) groups excluding carboxylic acids is 2. The van der Waals surface area contributed by atoms with Gasteiger partial charge in [0.15, 0.2) is 0 Å². The standard InChI is InChI=1S/C23H34N4O2S/c1-2-10-25-13-15-27(16-14-25)23(29)20-17-30-21(24-20)18-8-11-26(12-9-18)22(28)19-6-4-3-5-7-19/h2,17-19H,1,3-16H2. The number of nitrogens with zero attached hydrogens (tertiary/aromatic N) is 4. The van der Waals surface area contributed by atoms with Gasteiger partial charge in [0.05, 0.1) is 5.01 Å². The third-order valence-electron chi connectivity index (χ3n) is 6.90. The van der Waals surface area contributed by atoms with Crippen LogP contribution in [0.1, 0.15) is 66.4 Å². The van der Waals surface area contributed by atoms with E-state index in [2.05, 4.69) is 16.4 Å². The number of hydrogen-bond acceptors (Lipinski definition) is 5. The lowest BCUT2D eigenvalue weighted by Gasteiger charge is -2.34. The molecule has 1 aromatic heterocycles. The van der Waals surface area contributed by atoms with Gasteiger partial charge < -0.3 is 9.80 Å². The second kappa shape index (κ2) is 10.1. The Bertz CT molecular complexity index is 742. The number of likely N-dealkylation sites (tertiary alicyclic amines) is 1. The summed E-state index contributed by atoms with van der Waals surface area (Å²) in [5, 5.41) is 2.99. The number of piperazine rings is 1. The lowest BCUT2D eigenvalue weighted by atomic mass is 9.87. The Morgan fingerprint density at radius 1 is 1.00 bits per heavy atom. The van der Waals surface area contributed by atoms with Crippen molar-refractivity contribution in [3.8, 4) is 0 Å². The molecule has 1 saturated carbocycles. The highest BCUT2D eigenvalue weighted by Gasteiger charge is 2.31. The highest BCUT2D eigenvalue weighted by molar-refractivity contribution is 7.09. The Hall–Kier alpha value is -1.73. The second-order valence-corrected chi connectivity index (χ2v) is 9.78. The highest BCUT2D eigenvalue weighted by atomic mass is 32.1. The molecule has 3 aliphatic rings. The first-order valence-electron chi connectivity index (χ1n) is 11.5. The Labute approximate surface area is 183 Å². The average molecular weight is 431 g/mol. The van der Waals surface area contributed by atoms with Crippen LogP contribution < -0.4 is 0 Å². The average Bonchev–Trinajstić information content (AvgIpc) is 3.30. The molecule has 4 rings (SSSR count). The summed E-state index contributed by atoms with van der Waals surface area (Å²) in [7, 11) is 0. The van der Waals surface area contributed by atoms with Crippen molar-refractivity contribution < 1.29 is 9.59 Å². The van der Waals surface area contributed by atoms with Gasteiger partial charge >= 0.3 is 0 Å². The largest absolute Gasteiger partial charge is 0.342 e. The topological polar surface area (TPSA) is 56.8 Å². The predicted octanol–water partition coefficient (Wildman–Crippen LogP) is 3.37. The molecule has 0 radical (unpaired) electrons. The lowest BCUT2D eigenvalue weighted by Crippen LogP contribution is -2.48. The van der Waals surface area contributed by atoms with Crippen LogP contribution in [0.15, 0.2) is 18.0 Å². The van der Waals surface area contributed by atoms with E-state index in [4.69, 9.17) is 4.98 Å². The Kier molecular flexibility index (Phi) is 7.20. The molecule has 0 aromatic carbocycles. The van der Waals surface area contributed by atoms with Crippen LogP contribution in [0.2, 0.25) is 0 Å². The molecule has 2 amide bonds. The van der Waals surface area contributed by atoms with Crippen molar-refractivity contribution in [1.29, 1.82) is 0 Å². The van der Waals surface area contributed by atoms with Crippen molar-refractivity contribution in [1.82, 2.24) is 19.7 Å². The number of aromatic nitrogens is 1. The number of carbonyl (C=O) groups is 2. The van der Waals surface area contributed by atoms with E-state index in [-0.39, 0.29) is 11.8 Å². The molecule has 0 bridgehead atoms.